The van der Waals surface area contributed by atoms with Crippen LogP contribution in [0.3, 0.4) is 0 Å². The second-order valence-corrected chi connectivity index (χ2v) is 10.2. The lowest BCUT2D eigenvalue weighted by Crippen LogP contribution is -2.44. The van der Waals surface area contributed by atoms with Crippen LogP contribution in [0, 0.1) is 23.3 Å². The highest BCUT2D eigenvalue weighted by molar-refractivity contribution is 6.08. The number of nitrogens with zero attached hydrogens (tertiary/aromatic N) is 6. The smallest absolute Gasteiger partial charge is 0.274 e. The standard InChI is InChI=1S/C30H26F4N8O/c1-41(16-5-4-11-35-13-16)27-21(8-9-23-26(27)40-29(42(23)2)25-19(33)14-36-15-20(25)34)39-30(43)22-10-12-37-28(38-22)24-17(31)6-3-7-18(24)32/h3,6-10,12,14-16,35H,4-5,11,13H2,1-2H3,(H,39,43). The fourth-order valence-electron chi connectivity index (χ4n) is 5.40. The van der Waals surface area contributed by atoms with E-state index in [1.807, 2.05) is 11.9 Å². The molecule has 9 nitrogen and oxygen atoms in total. The molecular formula is C30H26F4N8O. The summed E-state index contributed by atoms with van der Waals surface area (Å²) in [5, 5.41) is 6.22. The summed E-state index contributed by atoms with van der Waals surface area (Å²) < 4.78 is 59.9. The first-order valence-corrected chi connectivity index (χ1v) is 13.6. The molecule has 1 fully saturated rings. The predicted octanol–water partition coefficient (Wildman–Crippen LogP) is 5.09. The zero-order chi connectivity index (χ0) is 30.2. The molecule has 3 aromatic heterocycles. The zero-order valence-electron chi connectivity index (χ0n) is 23.2. The summed E-state index contributed by atoms with van der Waals surface area (Å²) in [7, 11) is 3.52. The van der Waals surface area contributed by atoms with E-state index >= 15 is 0 Å². The van der Waals surface area contributed by atoms with Gasteiger partial charge in [-0.05, 0) is 49.7 Å². The van der Waals surface area contributed by atoms with Crippen molar-refractivity contribution < 1.29 is 22.4 Å². The van der Waals surface area contributed by atoms with Gasteiger partial charge in [-0.15, -0.1) is 0 Å². The van der Waals surface area contributed by atoms with Crippen molar-refractivity contribution in [1.29, 1.82) is 0 Å². The van der Waals surface area contributed by atoms with Gasteiger partial charge in [0.05, 0.1) is 40.4 Å². The molecule has 0 saturated carbocycles. The summed E-state index contributed by atoms with van der Waals surface area (Å²) in [6.45, 7) is 1.56. The van der Waals surface area contributed by atoms with Crippen LogP contribution in [0.5, 0.6) is 0 Å². The van der Waals surface area contributed by atoms with Crippen LogP contribution >= 0.6 is 0 Å². The van der Waals surface area contributed by atoms with Gasteiger partial charge in [-0.3, -0.25) is 9.78 Å². The van der Waals surface area contributed by atoms with Gasteiger partial charge >= 0.3 is 0 Å². The molecule has 5 aromatic rings. The molecule has 1 unspecified atom stereocenters. The number of pyridine rings is 1. The highest BCUT2D eigenvalue weighted by Gasteiger charge is 2.27. The molecule has 0 aliphatic carbocycles. The number of likely N-dealkylation sites (N-methyl/N-ethyl adjacent to an activating group) is 1. The van der Waals surface area contributed by atoms with Gasteiger partial charge in [0.15, 0.2) is 17.5 Å². The minimum absolute atomic E-state index is 0.0320. The van der Waals surface area contributed by atoms with Crippen molar-refractivity contribution in [3.63, 3.8) is 0 Å². The first-order chi connectivity index (χ1) is 20.7. The molecule has 1 saturated heterocycles. The van der Waals surface area contributed by atoms with Crippen LogP contribution in [0.4, 0.5) is 28.9 Å². The molecule has 0 radical (unpaired) electrons. The van der Waals surface area contributed by atoms with E-state index in [-0.39, 0.29) is 28.9 Å². The van der Waals surface area contributed by atoms with Crippen molar-refractivity contribution >= 4 is 28.3 Å². The molecular weight excluding hydrogens is 564 g/mol. The van der Waals surface area contributed by atoms with E-state index in [1.165, 1.54) is 18.3 Å². The van der Waals surface area contributed by atoms with Gasteiger partial charge < -0.3 is 20.1 Å². The van der Waals surface area contributed by atoms with Gasteiger partial charge in [0.2, 0.25) is 0 Å². The number of amides is 1. The molecule has 1 amide bonds. The van der Waals surface area contributed by atoms with Gasteiger partial charge in [-0.1, -0.05) is 6.07 Å². The fourth-order valence-corrected chi connectivity index (χ4v) is 5.40. The van der Waals surface area contributed by atoms with Gasteiger partial charge in [0.25, 0.3) is 5.91 Å². The van der Waals surface area contributed by atoms with Crippen molar-refractivity contribution in [2.24, 2.45) is 7.05 Å². The molecule has 1 aliphatic rings. The summed E-state index contributed by atoms with van der Waals surface area (Å²) in [6.07, 6.45) is 4.89. The van der Waals surface area contributed by atoms with Crippen LogP contribution in [0.25, 0.3) is 33.8 Å². The Labute approximate surface area is 243 Å². The Balaban J connectivity index is 1.45. The number of nitrogens with one attached hydrogen (secondary N) is 2. The van der Waals surface area contributed by atoms with E-state index in [0.29, 0.717) is 29.0 Å². The molecule has 2 aromatic carbocycles. The molecule has 0 bridgehead atoms. The molecule has 13 heteroatoms. The lowest BCUT2D eigenvalue weighted by atomic mass is 10.0. The summed E-state index contributed by atoms with van der Waals surface area (Å²) in [6, 6.07) is 8.11. The summed E-state index contributed by atoms with van der Waals surface area (Å²) in [5.41, 5.74) is 1.00. The first-order valence-electron chi connectivity index (χ1n) is 13.6. The third-order valence-electron chi connectivity index (χ3n) is 7.60. The lowest BCUT2D eigenvalue weighted by molar-refractivity contribution is 0.102. The Bertz CT molecular complexity index is 1810. The number of carbonyl (C=O) groups is 1. The maximum atomic E-state index is 14.7. The van der Waals surface area contributed by atoms with E-state index in [2.05, 4.69) is 30.6 Å². The van der Waals surface area contributed by atoms with Crippen LogP contribution in [0.2, 0.25) is 0 Å². The number of benzene rings is 2. The molecule has 220 valence electrons. The van der Waals surface area contributed by atoms with Gasteiger partial charge in [-0.25, -0.2) is 32.5 Å². The SMILES string of the molecule is CN(c1c(NC(=O)c2ccnc(-c3c(F)cccc3F)n2)ccc2c1nc(-c1c(F)cncc1F)n2C)C1CCCNC1. The fraction of sp³-hybridized carbons (Fsp3) is 0.233. The highest BCUT2D eigenvalue weighted by atomic mass is 19.1. The normalized spacial score (nSPS) is 15.1. The Kier molecular flexibility index (Phi) is 7.48. The molecule has 0 spiro atoms. The first kappa shape index (κ1) is 28.2. The minimum Gasteiger partial charge on any atom is -0.367 e. The average molecular weight is 591 g/mol. The number of fused-ring (bicyclic) bond motifs is 1. The van der Waals surface area contributed by atoms with Crippen LogP contribution in [0.1, 0.15) is 23.3 Å². The number of hydrogen-bond donors (Lipinski definition) is 2. The number of hydrogen-bond acceptors (Lipinski definition) is 7. The molecule has 43 heavy (non-hydrogen) atoms. The Morgan fingerprint density at radius 1 is 1.00 bits per heavy atom. The average Bonchev–Trinajstić information content (AvgIpc) is 3.32. The van der Waals surface area contributed by atoms with Crippen molar-refractivity contribution in [2.45, 2.75) is 18.9 Å². The maximum Gasteiger partial charge on any atom is 0.274 e. The number of piperidine rings is 1. The van der Waals surface area contributed by atoms with Crippen LogP contribution < -0.4 is 15.5 Å². The summed E-state index contributed by atoms with van der Waals surface area (Å²) >= 11 is 0. The predicted molar refractivity (Wildman–Crippen MR) is 153 cm³/mol. The number of imidazole rings is 1. The maximum absolute atomic E-state index is 14.7. The van der Waals surface area contributed by atoms with Crippen molar-refractivity contribution in [2.75, 3.05) is 30.4 Å². The lowest BCUT2D eigenvalue weighted by Gasteiger charge is -2.34. The third kappa shape index (κ3) is 5.16. The number of halogens is 4. The second-order valence-electron chi connectivity index (χ2n) is 10.2. The zero-order valence-corrected chi connectivity index (χ0v) is 23.2. The van der Waals surface area contributed by atoms with E-state index in [1.54, 1.807) is 23.7 Å². The largest absolute Gasteiger partial charge is 0.367 e. The number of aryl methyl sites for hydroxylation is 1. The van der Waals surface area contributed by atoms with E-state index in [0.717, 1.165) is 43.9 Å². The highest BCUT2D eigenvalue weighted by Crippen LogP contribution is 2.38. The number of carbonyl (C=O) groups excluding carboxylic acids is 1. The second kappa shape index (κ2) is 11.4. The van der Waals surface area contributed by atoms with Crippen molar-refractivity contribution in [3.05, 3.63) is 84.0 Å². The Morgan fingerprint density at radius 3 is 2.44 bits per heavy atom. The van der Waals surface area contributed by atoms with Crippen LogP contribution in [0.15, 0.2) is 55.0 Å². The molecule has 2 N–H and O–H groups in total. The van der Waals surface area contributed by atoms with Crippen molar-refractivity contribution in [3.8, 4) is 22.8 Å². The topological polar surface area (TPSA) is 101 Å². The quantitative estimate of drug-likeness (QED) is 0.266. The molecule has 4 heterocycles. The van der Waals surface area contributed by atoms with Gasteiger partial charge in [-0.2, -0.15) is 0 Å². The van der Waals surface area contributed by atoms with Crippen LogP contribution in [-0.4, -0.2) is 56.6 Å². The molecule has 1 aliphatic heterocycles. The summed E-state index contributed by atoms with van der Waals surface area (Å²) in [4.78, 5) is 31.8. The van der Waals surface area contributed by atoms with Gasteiger partial charge in [0, 0.05) is 32.9 Å². The number of aromatic nitrogens is 5. The van der Waals surface area contributed by atoms with E-state index in [4.69, 9.17) is 0 Å². The number of rotatable bonds is 6. The summed E-state index contributed by atoms with van der Waals surface area (Å²) in [5.74, 6) is -4.31. The van der Waals surface area contributed by atoms with Crippen molar-refractivity contribution in [1.82, 2.24) is 29.8 Å². The Morgan fingerprint density at radius 2 is 1.74 bits per heavy atom. The van der Waals surface area contributed by atoms with Crippen LogP contribution in [-0.2, 0) is 7.05 Å². The van der Waals surface area contributed by atoms with E-state index < -0.39 is 34.7 Å². The third-order valence-corrected chi connectivity index (χ3v) is 7.60. The van der Waals surface area contributed by atoms with Gasteiger partial charge in [0.1, 0.15) is 28.7 Å². The molecule has 6 rings (SSSR count). The Hall–Kier alpha value is -4.91. The minimum atomic E-state index is -0.860. The van der Waals surface area contributed by atoms with E-state index in [9.17, 15) is 22.4 Å². The number of anilines is 2. The molecule has 1 atom stereocenters. The monoisotopic (exact) mass is 590 g/mol.